The number of anilines is 2. The van der Waals surface area contributed by atoms with Gasteiger partial charge in [-0.2, -0.15) is 0 Å². The normalized spacial score (nSPS) is 20.1. The average Bonchev–Trinajstić information content (AvgIpc) is 3.16. The number of nitrogens with zero attached hydrogens (tertiary/aromatic N) is 3. The summed E-state index contributed by atoms with van der Waals surface area (Å²) in [4.78, 5) is 29.1. The fraction of sp³-hybridized carbons (Fsp3) is 0.438. The molecule has 0 bridgehead atoms. The molecule has 0 spiro atoms. The van der Waals surface area contributed by atoms with Crippen LogP contribution in [0.3, 0.4) is 0 Å². The average molecular weight is 364 g/mol. The predicted molar refractivity (Wildman–Crippen MR) is 97.0 cm³/mol. The van der Waals surface area contributed by atoms with E-state index in [-0.39, 0.29) is 17.3 Å². The molecule has 2 aliphatic heterocycles. The first-order valence-corrected chi connectivity index (χ1v) is 8.33. The maximum Gasteiger partial charge on any atom is 0.414 e. The van der Waals surface area contributed by atoms with Gasteiger partial charge in [-0.25, -0.2) is 9.59 Å². The molecule has 0 aliphatic carbocycles. The second kappa shape index (κ2) is 7.14. The number of ether oxygens (including phenoxy) is 2. The number of cyclic esters (lactones) is 1. The molecule has 0 radical (unpaired) electrons. The monoisotopic (exact) mass is 364 g/mol. The van der Waals surface area contributed by atoms with Crippen LogP contribution in [0.25, 0.3) is 0 Å². The van der Waals surface area contributed by atoms with Crippen LogP contribution in [0.15, 0.2) is 24.3 Å². The lowest BCUT2D eigenvalue weighted by atomic mass is 10.2. The zero-order valence-electron chi connectivity index (χ0n) is 14.1. The molecule has 8 nitrogen and oxygen atoms in total. The SMILES string of the molecule is COC(=S)NCC1CN(c2ccc(N3CCN(C)C3=O)cc2)C(=O)O1. The third kappa shape index (κ3) is 3.60. The van der Waals surface area contributed by atoms with Gasteiger partial charge in [-0.15, -0.1) is 0 Å². The van der Waals surface area contributed by atoms with Crippen molar-refractivity contribution < 1.29 is 19.1 Å². The fourth-order valence-corrected chi connectivity index (χ4v) is 2.89. The molecule has 0 aromatic heterocycles. The third-order valence-electron chi connectivity index (χ3n) is 4.22. The summed E-state index contributed by atoms with van der Waals surface area (Å²) in [5.74, 6) is 0. The number of likely N-dealkylation sites (N-methyl/N-ethyl adjacent to an activating group) is 1. The maximum absolute atomic E-state index is 12.1. The highest BCUT2D eigenvalue weighted by Crippen LogP contribution is 2.26. The van der Waals surface area contributed by atoms with Gasteiger partial charge in [0.15, 0.2) is 0 Å². The molecule has 1 aromatic rings. The van der Waals surface area contributed by atoms with E-state index in [1.807, 2.05) is 24.3 Å². The number of carbonyl (C=O) groups excluding carboxylic acids is 2. The summed E-state index contributed by atoms with van der Waals surface area (Å²) in [6, 6.07) is 7.29. The first-order valence-electron chi connectivity index (χ1n) is 7.92. The molecule has 2 heterocycles. The van der Waals surface area contributed by atoms with Crippen LogP contribution in [0.2, 0.25) is 0 Å². The molecule has 0 saturated carbocycles. The Labute approximate surface area is 151 Å². The number of hydrogen-bond acceptors (Lipinski definition) is 5. The van der Waals surface area contributed by atoms with Crippen molar-refractivity contribution in [3.8, 4) is 0 Å². The van der Waals surface area contributed by atoms with Crippen LogP contribution in [0.5, 0.6) is 0 Å². The van der Waals surface area contributed by atoms with Crippen LogP contribution in [0.1, 0.15) is 0 Å². The number of amides is 3. The number of hydrogen-bond donors (Lipinski definition) is 1. The molecule has 3 amide bonds. The van der Waals surface area contributed by atoms with Gasteiger partial charge in [-0.3, -0.25) is 9.80 Å². The molecule has 1 unspecified atom stereocenters. The molecule has 2 aliphatic rings. The molecule has 134 valence electrons. The van der Waals surface area contributed by atoms with E-state index in [0.717, 1.165) is 11.4 Å². The number of benzene rings is 1. The summed E-state index contributed by atoms with van der Waals surface area (Å²) in [5, 5.41) is 3.14. The lowest BCUT2D eigenvalue weighted by Gasteiger charge is -2.18. The largest absolute Gasteiger partial charge is 0.474 e. The van der Waals surface area contributed by atoms with Crippen molar-refractivity contribution in [2.24, 2.45) is 0 Å². The Balaban J connectivity index is 1.63. The molecule has 25 heavy (non-hydrogen) atoms. The lowest BCUT2D eigenvalue weighted by molar-refractivity contribution is 0.142. The minimum Gasteiger partial charge on any atom is -0.474 e. The van der Waals surface area contributed by atoms with Crippen molar-refractivity contribution in [3.05, 3.63) is 24.3 Å². The third-order valence-corrected chi connectivity index (χ3v) is 4.53. The van der Waals surface area contributed by atoms with Gasteiger partial charge < -0.3 is 19.7 Å². The minimum atomic E-state index is -0.403. The van der Waals surface area contributed by atoms with Gasteiger partial charge >= 0.3 is 12.1 Å². The Hall–Kier alpha value is -2.55. The van der Waals surface area contributed by atoms with Crippen molar-refractivity contribution in [1.29, 1.82) is 0 Å². The van der Waals surface area contributed by atoms with E-state index >= 15 is 0 Å². The molecular weight excluding hydrogens is 344 g/mol. The Bertz CT molecular complexity index is 681. The Kier molecular flexibility index (Phi) is 4.93. The number of urea groups is 1. The van der Waals surface area contributed by atoms with E-state index in [1.165, 1.54) is 7.11 Å². The molecular formula is C16H20N4O4S. The summed E-state index contributed by atoms with van der Waals surface area (Å²) in [7, 11) is 3.26. The highest BCUT2D eigenvalue weighted by Gasteiger charge is 2.33. The van der Waals surface area contributed by atoms with Crippen molar-refractivity contribution in [2.75, 3.05) is 50.1 Å². The number of rotatable bonds is 4. The Morgan fingerprint density at radius 1 is 1.24 bits per heavy atom. The minimum absolute atomic E-state index is 0.0198. The highest BCUT2D eigenvalue weighted by atomic mass is 32.1. The van der Waals surface area contributed by atoms with Gasteiger partial charge in [0.1, 0.15) is 6.10 Å². The van der Waals surface area contributed by atoms with Crippen LogP contribution < -0.4 is 15.1 Å². The van der Waals surface area contributed by atoms with E-state index in [9.17, 15) is 9.59 Å². The molecule has 1 atom stereocenters. The van der Waals surface area contributed by atoms with Crippen molar-refractivity contribution >= 4 is 40.9 Å². The molecule has 1 N–H and O–H groups in total. The van der Waals surface area contributed by atoms with Crippen LogP contribution in [-0.2, 0) is 9.47 Å². The Morgan fingerprint density at radius 2 is 1.88 bits per heavy atom. The van der Waals surface area contributed by atoms with E-state index in [4.69, 9.17) is 21.7 Å². The zero-order valence-corrected chi connectivity index (χ0v) is 14.9. The van der Waals surface area contributed by atoms with Crippen molar-refractivity contribution in [3.63, 3.8) is 0 Å². The summed E-state index contributed by atoms with van der Waals surface area (Å²) in [5.41, 5.74) is 1.54. The predicted octanol–water partition coefficient (Wildman–Crippen LogP) is 1.40. The van der Waals surface area contributed by atoms with E-state index in [0.29, 0.717) is 26.2 Å². The van der Waals surface area contributed by atoms with E-state index in [2.05, 4.69) is 5.32 Å². The molecule has 1 aromatic carbocycles. The van der Waals surface area contributed by atoms with Crippen LogP contribution in [-0.4, -0.2) is 68.6 Å². The molecule has 2 saturated heterocycles. The number of thiocarbonyl (C=S) groups is 1. The van der Waals surface area contributed by atoms with Gasteiger partial charge in [0, 0.05) is 31.5 Å². The maximum atomic E-state index is 12.1. The first kappa shape index (κ1) is 17.3. The first-order chi connectivity index (χ1) is 12.0. The molecule has 9 heteroatoms. The zero-order chi connectivity index (χ0) is 18.0. The van der Waals surface area contributed by atoms with Crippen molar-refractivity contribution in [1.82, 2.24) is 10.2 Å². The van der Waals surface area contributed by atoms with Gasteiger partial charge in [0.05, 0.1) is 20.2 Å². The standard InChI is InChI=1S/C16H20N4O4S/c1-18-7-8-19(15(18)21)11-3-5-12(6-4-11)20-10-13(24-16(20)22)9-17-14(25)23-2/h3-6,13H,7-10H2,1-2H3,(H,17,25). The van der Waals surface area contributed by atoms with E-state index < -0.39 is 6.09 Å². The van der Waals surface area contributed by atoms with Crippen LogP contribution in [0.4, 0.5) is 21.0 Å². The van der Waals surface area contributed by atoms with E-state index in [1.54, 1.807) is 21.7 Å². The van der Waals surface area contributed by atoms with Gasteiger partial charge in [-0.05, 0) is 36.5 Å². The summed E-state index contributed by atoms with van der Waals surface area (Å²) in [6.07, 6.45) is -0.714. The molecule has 2 fully saturated rings. The second-order valence-electron chi connectivity index (χ2n) is 5.86. The number of methoxy groups -OCH3 is 1. The quantitative estimate of drug-likeness (QED) is 0.815. The Morgan fingerprint density at radius 3 is 2.44 bits per heavy atom. The summed E-state index contributed by atoms with van der Waals surface area (Å²) >= 11 is 4.90. The van der Waals surface area contributed by atoms with Crippen LogP contribution >= 0.6 is 12.2 Å². The fourth-order valence-electron chi connectivity index (χ4n) is 2.81. The highest BCUT2D eigenvalue weighted by molar-refractivity contribution is 7.80. The van der Waals surface area contributed by atoms with Gasteiger partial charge in [-0.1, -0.05) is 0 Å². The molecule has 3 rings (SSSR count). The van der Waals surface area contributed by atoms with Gasteiger partial charge in [0.2, 0.25) is 0 Å². The number of nitrogens with one attached hydrogen (secondary N) is 1. The smallest absolute Gasteiger partial charge is 0.414 e. The summed E-state index contributed by atoms with van der Waals surface area (Å²) < 4.78 is 10.2. The second-order valence-corrected chi connectivity index (χ2v) is 6.23. The topological polar surface area (TPSA) is 74.4 Å². The van der Waals surface area contributed by atoms with Crippen LogP contribution in [0, 0.1) is 0 Å². The lowest BCUT2D eigenvalue weighted by Crippen LogP contribution is -2.34. The van der Waals surface area contributed by atoms with Crippen molar-refractivity contribution in [2.45, 2.75) is 6.10 Å². The number of carbonyl (C=O) groups is 2. The van der Waals surface area contributed by atoms with Gasteiger partial charge in [0.25, 0.3) is 5.17 Å². The summed E-state index contributed by atoms with van der Waals surface area (Å²) in [6.45, 7) is 2.18.